The molecule has 6 heteroatoms. The number of phenolic OH excluding ortho intramolecular Hbond substituents is 1. The number of benzene rings is 1. The van der Waals surface area contributed by atoms with Gasteiger partial charge in [0.1, 0.15) is 5.75 Å². The van der Waals surface area contributed by atoms with E-state index in [2.05, 4.69) is 5.32 Å². The van der Waals surface area contributed by atoms with Gasteiger partial charge in [0.05, 0.1) is 6.54 Å². The van der Waals surface area contributed by atoms with Crippen LogP contribution in [0.25, 0.3) is 0 Å². The summed E-state index contributed by atoms with van der Waals surface area (Å²) in [5.74, 6) is -0.709. The van der Waals surface area contributed by atoms with Gasteiger partial charge in [0.15, 0.2) is 0 Å². The number of aromatic hydroxyl groups is 1. The highest BCUT2D eigenvalue weighted by Crippen LogP contribution is 2.23. The minimum atomic E-state index is -0.528. The predicted octanol–water partition coefficient (Wildman–Crippen LogP) is 0.380. The number of carbonyl (C=O) groups is 2. The number of nitrogens with one attached hydrogen (secondary N) is 1. The molecule has 0 aliphatic carbocycles. The Labute approximate surface area is 123 Å². The molecule has 0 unspecified atom stereocenters. The Morgan fingerprint density at radius 3 is 2.67 bits per heavy atom. The molecule has 2 rings (SSSR count). The van der Waals surface area contributed by atoms with Crippen LogP contribution < -0.4 is 11.1 Å². The molecule has 1 fully saturated rings. The molecule has 4 N–H and O–H groups in total. The smallest absolute Gasteiger partial charge is 0.254 e. The number of rotatable bonds is 4. The van der Waals surface area contributed by atoms with Crippen molar-refractivity contribution < 1.29 is 14.7 Å². The Morgan fingerprint density at radius 2 is 2.05 bits per heavy atom. The number of phenols is 1. The number of nitrogens with zero attached hydrogens (tertiary/aromatic N) is 1. The van der Waals surface area contributed by atoms with Crippen LogP contribution in [0, 0.1) is 6.92 Å². The van der Waals surface area contributed by atoms with Crippen molar-refractivity contribution >= 4 is 11.8 Å². The number of hydrogen-bond acceptors (Lipinski definition) is 4. The molecule has 6 nitrogen and oxygen atoms in total. The van der Waals surface area contributed by atoms with Crippen LogP contribution in [0.1, 0.15) is 28.8 Å². The van der Waals surface area contributed by atoms with Crippen LogP contribution in [0.5, 0.6) is 5.75 Å². The lowest BCUT2D eigenvalue weighted by Gasteiger charge is -2.34. The molecular formula is C15H21N3O3. The van der Waals surface area contributed by atoms with E-state index >= 15 is 0 Å². The summed E-state index contributed by atoms with van der Waals surface area (Å²) in [6, 6.07) is 4.81. The van der Waals surface area contributed by atoms with Crippen LogP contribution in [-0.2, 0) is 4.79 Å². The van der Waals surface area contributed by atoms with E-state index in [4.69, 9.17) is 5.73 Å². The van der Waals surface area contributed by atoms with Gasteiger partial charge in [0.25, 0.3) is 5.91 Å². The zero-order valence-electron chi connectivity index (χ0n) is 12.1. The Morgan fingerprint density at radius 1 is 1.38 bits per heavy atom. The molecular weight excluding hydrogens is 270 g/mol. The van der Waals surface area contributed by atoms with Crippen molar-refractivity contribution in [3.8, 4) is 5.75 Å². The summed E-state index contributed by atoms with van der Waals surface area (Å²) in [6.07, 6.45) is 1.58. The maximum Gasteiger partial charge on any atom is 0.254 e. The predicted molar refractivity (Wildman–Crippen MR) is 79.0 cm³/mol. The number of primary amides is 1. The molecule has 0 bridgehead atoms. The molecule has 114 valence electrons. The third-order valence-corrected chi connectivity index (χ3v) is 3.87. The van der Waals surface area contributed by atoms with E-state index in [1.165, 1.54) is 11.0 Å². The van der Waals surface area contributed by atoms with Crippen LogP contribution >= 0.6 is 0 Å². The van der Waals surface area contributed by atoms with E-state index in [1.54, 1.807) is 19.1 Å². The summed E-state index contributed by atoms with van der Waals surface area (Å²) < 4.78 is 0. The van der Waals surface area contributed by atoms with Gasteiger partial charge in [-0.25, -0.2) is 0 Å². The van der Waals surface area contributed by atoms with Crippen LogP contribution in [0.4, 0.5) is 0 Å². The fourth-order valence-electron chi connectivity index (χ4n) is 2.66. The van der Waals surface area contributed by atoms with Crippen LogP contribution in [0.15, 0.2) is 18.2 Å². The minimum Gasteiger partial charge on any atom is -0.508 e. The highest BCUT2D eigenvalue weighted by atomic mass is 16.3. The number of carbonyl (C=O) groups excluding carboxylic acids is 2. The minimum absolute atomic E-state index is 0.00648. The fraction of sp³-hybridized carbons (Fsp3) is 0.467. The number of hydrogen-bond donors (Lipinski definition) is 3. The highest BCUT2D eigenvalue weighted by Gasteiger charge is 2.28. The van der Waals surface area contributed by atoms with E-state index < -0.39 is 5.91 Å². The third-order valence-electron chi connectivity index (χ3n) is 3.87. The number of nitrogens with two attached hydrogens (primary N) is 1. The maximum absolute atomic E-state index is 12.7. The topological polar surface area (TPSA) is 95.7 Å². The van der Waals surface area contributed by atoms with E-state index in [1.807, 2.05) is 0 Å². The van der Waals surface area contributed by atoms with Crippen molar-refractivity contribution in [2.45, 2.75) is 25.8 Å². The molecule has 1 saturated heterocycles. The first kappa shape index (κ1) is 15.3. The Bertz CT molecular complexity index is 539. The molecule has 1 heterocycles. The lowest BCUT2D eigenvalue weighted by atomic mass is 10.0. The third kappa shape index (κ3) is 3.52. The van der Waals surface area contributed by atoms with Gasteiger partial charge in [-0.2, -0.15) is 0 Å². The zero-order valence-corrected chi connectivity index (χ0v) is 12.1. The van der Waals surface area contributed by atoms with Gasteiger partial charge in [-0.3, -0.25) is 9.59 Å². The normalized spacial score (nSPS) is 15.7. The quantitative estimate of drug-likeness (QED) is 0.747. The molecule has 0 radical (unpaired) electrons. The Kier molecular flexibility index (Phi) is 4.80. The van der Waals surface area contributed by atoms with E-state index in [-0.39, 0.29) is 24.2 Å². The SMILES string of the molecule is Cc1c(O)cccc1C(=O)N(CC(N)=O)C1CCNCC1. The largest absolute Gasteiger partial charge is 0.508 e. The molecule has 2 amide bonds. The summed E-state index contributed by atoms with van der Waals surface area (Å²) in [7, 11) is 0. The second kappa shape index (κ2) is 6.58. The van der Waals surface area contributed by atoms with Gasteiger partial charge in [0, 0.05) is 17.2 Å². The molecule has 1 aliphatic heterocycles. The zero-order chi connectivity index (χ0) is 15.4. The molecule has 0 atom stereocenters. The average Bonchev–Trinajstić information content (AvgIpc) is 2.48. The number of piperidine rings is 1. The Hall–Kier alpha value is -2.08. The summed E-state index contributed by atoms with van der Waals surface area (Å²) in [6.45, 7) is 3.21. The molecule has 0 saturated carbocycles. The second-order valence-corrected chi connectivity index (χ2v) is 5.33. The van der Waals surface area contributed by atoms with Crippen molar-refractivity contribution in [1.82, 2.24) is 10.2 Å². The first-order chi connectivity index (χ1) is 10.0. The first-order valence-electron chi connectivity index (χ1n) is 7.09. The first-order valence-corrected chi connectivity index (χ1v) is 7.09. The van der Waals surface area contributed by atoms with Gasteiger partial charge in [0.2, 0.25) is 5.91 Å². The summed E-state index contributed by atoms with van der Waals surface area (Å²) in [4.78, 5) is 25.6. The number of amides is 2. The standard InChI is InChI=1S/C15H21N3O3/c1-10-12(3-2-4-13(10)19)15(21)18(9-14(16)20)11-5-7-17-8-6-11/h2-4,11,17,19H,5-9H2,1H3,(H2,16,20). The summed E-state index contributed by atoms with van der Waals surface area (Å²) in [5.41, 5.74) is 6.22. The van der Waals surface area contributed by atoms with Gasteiger partial charge in [-0.1, -0.05) is 6.07 Å². The lowest BCUT2D eigenvalue weighted by Crippen LogP contribution is -2.49. The van der Waals surface area contributed by atoms with E-state index in [9.17, 15) is 14.7 Å². The maximum atomic E-state index is 12.7. The van der Waals surface area contributed by atoms with Gasteiger partial charge < -0.3 is 21.1 Å². The molecule has 0 spiro atoms. The Balaban J connectivity index is 2.28. The van der Waals surface area contributed by atoms with Crippen molar-refractivity contribution in [2.24, 2.45) is 5.73 Å². The van der Waals surface area contributed by atoms with Gasteiger partial charge in [-0.15, -0.1) is 0 Å². The molecule has 1 aromatic rings. The van der Waals surface area contributed by atoms with Gasteiger partial charge >= 0.3 is 0 Å². The fourth-order valence-corrected chi connectivity index (χ4v) is 2.66. The van der Waals surface area contributed by atoms with Crippen molar-refractivity contribution in [2.75, 3.05) is 19.6 Å². The summed E-state index contributed by atoms with van der Waals surface area (Å²) in [5, 5.41) is 13.0. The van der Waals surface area contributed by atoms with Gasteiger partial charge in [-0.05, 0) is 45.0 Å². The molecule has 1 aromatic carbocycles. The molecule has 0 aromatic heterocycles. The van der Waals surface area contributed by atoms with E-state index in [0.717, 1.165) is 25.9 Å². The second-order valence-electron chi connectivity index (χ2n) is 5.33. The molecule has 21 heavy (non-hydrogen) atoms. The van der Waals surface area contributed by atoms with Crippen LogP contribution in [0.2, 0.25) is 0 Å². The molecule has 1 aliphatic rings. The van der Waals surface area contributed by atoms with E-state index in [0.29, 0.717) is 11.1 Å². The van der Waals surface area contributed by atoms with Crippen molar-refractivity contribution in [3.63, 3.8) is 0 Å². The highest BCUT2D eigenvalue weighted by molar-refractivity contribution is 5.98. The monoisotopic (exact) mass is 291 g/mol. The average molecular weight is 291 g/mol. The van der Waals surface area contributed by atoms with Crippen molar-refractivity contribution in [1.29, 1.82) is 0 Å². The van der Waals surface area contributed by atoms with Crippen LogP contribution in [0.3, 0.4) is 0 Å². The lowest BCUT2D eigenvalue weighted by molar-refractivity contribution is -0.119. The van der Waals surface area contributed by atoms with Crippen molar-refractivity contribution in [3.05, 3.63) is 29.3 Å². The van der Waals surface area contributed by atoms with Crippen LogP contribution in [-0.4, -0.2) is 47.5 Å². The summed E-state index contributed by atoms with van der Waals surface area (Å²) >= 11 is 0.